The van der Waals surface area contributed by atoms with Crippen LogP contribution in [0.1, 0.15) is 233 Å². The molecule has 30 heteroatoms. The van der Waals surface area contributed by atoms with Gasteiger partial charge in [0.05, 0.1) is 138 Å². The molecule has 6 fully saturated rings. The minimum Gasteiger partial charge on any atom is -0.507 e. The molecule has 12 unspecified atom stereocenters. The Bertz CT molecular complexity index is 4470. The zero-order valence-electron chi connectivity index (χ0n) is 56.1. The molecule has 6 aliphatic carbocycles. The Morgan fingerprint density at radius 2 is 0.794 bits per heavy atom. The van der Waals surface area contributed by atoms with E-state index in [1.807, 2.05) is 6.92 Å². The Morgan fingerprint density at radius 1 is 0.422 bits per heavy atom. The van der Waals surface area contributed by atoms with E-state index in [4.69, 9.17) is 47.4 Å². The predicted molar refractivity (Wildman–Crippen MR) is 335 cm³/mol. The molecular weight excluding hydrogens is 1340 g/mol. The van der Waals surface area contributed by atoms with Crippen molar-refractivity contribution >= 4 is 46.6 Å². The van der Waals surface area contributed by atoms with Crippen molar-refractivity contribution in [1.82, 2.24) is 0 Å². The highest BCUT2D eigenvalue weighted by molar-refractivity contribution is 6.33. The fourth-order valence-corrected chi connectivity index (χ4v) is 18.8. The minimum absolute atomic E-state index is 0.0332. The Balaban J connectivity index is 0.000000120. The first kappa shape index (κ1) is 68.5. The second-order valence-electron chi connectivity index (χ2n) is 29.2. The summed E-state index contributed by atoms with van der Waals surface area (Å²) < 4.78 is 57.4. The Hall–Kier alpha value is -7.92. The van der Waals surface area contributed by atoms with Gasteiger partial charge in [-0.2, -0.15) is 0 Å². The van der Waals surface area contributed by atoms with Crippen LogP contribution in [0.3, 0.4) is 0 Å². The minimum atomic E-state index is -2.14. The maximum absolute atomic E-state index is 14.2. The molecular formula is C72H74O30. The van der Waals surface area contributed by atoms with Gasteiger partial charge >= 0.3 is 11.9 Å². The third kappa shape index (κ3) is 8.89. The van der Waals surface area contributed by atoms with Crippen LogP contribution in [-0.4, -0.2) is 216 Å². The number of hydrogen-bond acceptors (Lipinski definition) is 30. The molecule has 0 spiro atoms. The fraction of sp³-hybridized carbons (Fsp3) is 0.556. The summed E-state index contributed by atoms with van der Waals surface area (Å²) in [5.41, 5.74) is -8.88. The summed E-state index contributed by atoms with van der Waals surface area (Å²) >= 11 is 0. The van der Waals surface area contributed by atoms with Gasteiger partial charge in [-0.15, -0.1) is 0 Å². The number of carbonyl (C=O) groups excluding carboxylic acids is 8. The summed E-state index contributed by atoms with van der Waals surface area (Å²) in [5, 5.41) is 133. The van der Waals surface area contributed by atoms with Crippen LogP contribution in [0.15, 0.2) is 33.4 Å². The molecule has 0 saturated carbocycles. The molecule has 0 radical (unpaired) electrons. The van der Waals surface area contributed by atoms with Gasteiger partial charge in [0.1, 0.15) is 63.5 Å². The molecule has 0 amide bonds. The topological polar surface area (TPSA) is 472 Å². The molecule has 12 heterocycles. The quantitative estimate of drug-likeness (QED) is 0.132. The maximum Gasteiger partial charge on any atom is 0.309 e. The number of Topliss-reactive ketones (excluding diaryl/α,β-unsaturated/α-hetero) is 6. The summed E-state index contributed by atoms with van der Waals surface area (Å²) in [6.07, 6.45) is -15.4. The summed E-state index contributed by atoms with van der Waals surface area (Å²) in [6.45, 7) is 13.1. The first-order valence-corrected chi connectivity index (χ1v) is 34.3. The lowest BCUT2D eigenvalue weighted by molar-refractivity contribution is -0.291. The van der Waals surface area contributed by atoms with Crippen molar-refractivity contribution in [3.63, 3.8) is 0 Å². The van der Waals surface area contributed by atoms with Crippen molar-refractivity contribution in [2.45, 2.75) is 252 Å². The molecule has 3 aromatic carbocycles. The number of phenols is 6. The van der Waals surface area contributed by atoms with Gasteiger partial charge in [0.2, 0.25) is 0 Å². The highest BCUT2D eigenvalue weighted by Gasteiger charge is 2.67. The Kier molecular flexibility index (Phi) is 15.5. The number of carbonyl (C=O) groups is 8. The van der Waals surface area contributed by atoms with Crippen LogP contribution in [0.2, 0.25) is 0 Å². The molecule has 102 heavy (non-hydrogen) atoms. The monoisotopic (exact) mass is 1420 g/mol. The third-order valence-corrected chi connectivity index (χ3v) is 23.8. The molecule has 3 aromatic rings. The number of aliphatic hydroxyl groups excluding tert-OH is 3. The predicted octanol–water partition coefficient (Wildman–Crippen LogP) is 3.39. The molecule has 18 aliphatic rings. The van der Waals surface area contributed by atoms with E-state index < -0.39 is 231 Å². The van der Waals surface area contributed by atoms with E-state index in [0.29, 0.717) is 31.2 Å². The van der Waals surface area contributed by atoms with E-state index in [0.717, 1.165) is 0 Å². The number of ketones is 6. The number of ether oxygens (including phenoxy) is 10. The number of aliphatic hydroxyl groups is 6. The van der Waals surface area contributed by atoms with Crippen molar-refractivity contribution in [2.75, 3.05) is 0 Å². The van der Waals surface area contributed by atoms with Crippen LogP contribution in [0.5, 0.6) is 34.5 Å². The average molecular weight is 1420 g/mol. The Labute approximate surface area is 578 Å². The molecule has 12 aliphatic heterocycles. The van der Waals surface area contributed by atoms with Gasteiger partial charge < -0.3 is 109 Å². The van der Waals surface area contributed by atoms with Gasteiger partial charge in [0.25, 0.3) is 0 Å². The van der Waals surface area contributed by atoms with Crippen molar-refractivity contribution in [1.29, 1.82) is 0 Å². The lowest BCUT2D eigenvalue weighted by Gasteiger charge is -2.54. The zero-order valence-corrected chi connectivity index (χ0v) is 56.1. The summed E-state index contributed by atoms with van der Waals surface area (Å²) in [6, 6.07) is 0. The van der Waals surface area contributed by atoms with Gasteiger partial charge in [-0.1, -0.05) is 6.92 Å². The van der Waals surface area contributed by atoms with E-state index >= 15 is 0 Å². The van der Waals surface area contributed by atoms with E-state index in [2.05, 4.69) is 0 Å². The van der Waals surface area contributed by atoms with E-state index in [-0.39, 0.29) is 116 Å². The van der Waals surface area contributed by atoms with Crippen LogP contribution in [0.25, 0.3) is 0 Å². The van der Waals surface area contributed by atoms with Gasteiger partial charge in [-0.05, 0) is 61.3 Å². The van der Waals surface area contributed by atoms with E-state index in [9.17, 15) is 99.6 Å². The smallest absolute Gasteiger partial charge is 0.309 e. The molecule has 23 atom stereocenters. The van der Waals surface area contributed by atoms with Crippen LogP contribution >= 0.6 is 0 Å². The van der Waals surface area contributed by atoms with Gasteiger partial charge in [0.15, 0.2) is 53.2 Å². The second kappa shape index (κ2) is 23.0. The highest BCUT2D eigenvalue weighted by Crippen LogP contribution is 2.62. The summed E-state index contributed by atoms with van der Waals surface area (Å²) in [4.78, 5) is 106. The van der Waals surface area contributed by atoms with E-state index in [1.54, 1.807) is 34.6 Å². The molecule has 12 N–H and O–H groups in total. The van der Waals surface area contributed by atoms with Crippen LogP contribution in [-0.2, 0) is 63.4 Å². The van der Waals surface area contributed by atoms with Crippen molar-refractivity contribution in [2.24, 2.45) is 0 Å². The first-order chi connectivity index (χ1) is 48.1. The van der Waals surface area contributed by atoms with Gasteiger partial charge in [-0.3, -0.25) is 38.4 Å². The lowest BCUT2D eigenvalue weighted by Crippen LogP contribution is -2.67. The number of fused-ring (bicyclic) bond motifs is 16. The standard InChI is InChI=1S/C28H30O12.C22H20O10.C22H24O8/c1-8-11(29)4-5-16(37-8)39-14-6-12-18-22(28(14,35)10(3)38-12)26(34)20-19(24(18)32)25(33)21-17(23(20)31)9(2)36-13-7-15(30)40-27(13)21;1-5-11-15(21-8(30-5)4-10(24)32-21)19(27)13-14(17(11)25)20(28)16-12(18(13)26)7-3-9(23)22(16,29)6(2)31-7;1-4-9-5-10-13(7(2)29-9)19(25)16-15(18(10)24)20(26)14-11-6-12(23)22(28,8(3)30-11)17(14)21(16)27/h8-14,16,27,29,31,33,35H,4-7H2,1-3H3;5-9,21,23,25,27,29H,3-4H2,1-2H3;7-9,11-12,23-25,28H,4-6H2,1-3H3/t8-,9-,10?,11-,12?,13-,14?,16-,27+,28?;5-,6?,7?,8-,9?,21+,22?;7-,8?,9-,11?,12?,22?/m000/s1. The van der Waals surface area contributed by atoms with Crippen molar-refractivity contribution < 1.29 is 147 Å². The molecule has 542 valence electrons. The first-order valence-electron chi connectivity index (χ1n) is 34.3. The molecule has 30 nitrogen and oxygen atoms in total. The van der Waals surface area contributed by atoms with Crippen molar-refractivity contribution in [3.05, 3.63) is 100 Å². The number of esters is 2. The molecule has 0 aromatic heterocycles. The number of phenolic OH excluding ortho intramolecular Hbond substituents is 6. The second-order valence-corrected chi connectivity index (χ2v) is 29.2. The SMILES string of the molecule is CC1OC2CC(O)C1(O)C1=C2C(=O)c2c(O)c3c(c(O)c2C1=O)[C@H](C)O[C@H]1CC(=O)O[C@@H]31.CC1OC2CC(O[C@H]3CC[C@H](O)[C@H](C)O3)C1(O)C1=C2C(=O)c2c(O)c3c(c(O)c2C1=O)[C@H](C)O[C@H]1CC(=O)O[C@@H]31.CC[C@H]1Cc2c(O)c3c(c(O)c2[C@H](C)O1)C(=O)C1=C(C3=O)C2CC(O)C1(O)C(C)O2. The highest BCUT2D eigenvalue weighted by atomic mass is 16.7. The normalized spacial score (nSPS) is 39.7. The third-order valence-electron chi connectivity index (χ3n) is 23.8. The molecule has 6 bridgehead atoms. The van der Waals surface area contributed by atoms with Crippen molar-refractivity contribution in [3.8, 4) is 34.5 Å². The van der Waals surface area contributed by atoms with Crippen LogP contribution < -0.4 is 0 Å². The number of benzene rings is 3. The number of rotatable bonds is 3. The fourth-order valence-electron chi connectivity index (χ4n) is 18.8. The number of hydrogen-bond donors (Lipinski definition) is 12. The average Bonchev–Trinajstić information content (AvgIpc) is 0.748. The van der Waals surface area contributed by atoms with Gasteiger partial charge in [0, 0.05) is 98.9 Å². The Morgan fingerprint density at radius 3 is 1.22 bits per heavy atom. The summed E-state index contributed by atoms with van der Waals surface area (Å²) in [5.74, 6) is -8.83. The zero-order chi connectivity index (χ0) is 73.0. The van der Waals surface area contributed by atoms with E-state index in [1.165, 1.54) is 13.8 Å². The lowest BCUT2D eigenvalue weighted by atomic mass is 9.63. The number of aromatic hydroxyl groups is 6. The maximum atomic E-state index is 14.2. The largest absolute Gasteiger partial charge is 0.507 e. The van der Waals surface area contributed by atoms with Crippen LogP contribution in [0.4, 0.5) is 0 Å². The van der Waals surface area contributed by atoms with Gasteiger partial charge in [-0.25, -0.2) is 0 Å². The summed E-state index contributed by atoms with van der Waals surface area (Å²) in [7, 11) is 0. The molecule has 6 saturated heterocycles. The van der Waals surface area contributed by atoms with Crippen LogP contribution in [0, 0.1) is 0 Å². The molecule has 21 rings (SSSR count).